The summed E-state index contributed by atoms with van der Waals surface area (Å²) in [4.78, 5) is 32.3. The molecule has 31 heavy (non-hydrogen) atoms. The van der Waals surface area contributed by atoms with Crippen LogP contribution in [0.25, 0.3) is 16.9 Å². The van der Waals surface area contributed by atoms with Crippen molar-refractivity contribution in [2.45, 2.75) is 0 Å². The van der Waals surface area contributed by atoms with Gasteiger partial charge < -0.3 is 9.51 Å². The smallest absolute Gasteiger partial charge is 0.324 e. The zero-order chi connectivity index (χ0) is 22.5. The van der Waals surface area contributed by atoms with Gasteiger partial charge in [0.1, 0.15) is 5.65 Å². The summed E-state index contributed by atoms with van der Waals surface area (Å²) in [5, 5.41) is 40.2. The minimum atomic E-state index is -1.21. The average molecular weight is 423 g/mol. The van der Waals surface area contributed by atoms with Gasteiger partial charge in [0, 0.05) is 18.0 Å². The fourth-order valence-corrected chi connectivity index (χ4v) is 2.66. The van der Waals surface area contributed by atoms with E-state index in [-0.39, 0.29) is 0 Å². The van der Waals surface area contributed by atoms with Crippen molar-refractivity contribution in [2.75, 3.05) is 0 Å². The largest absolute Gasteiger partial charge is 0.497 e. The number of nitro benzene ring substituents is 3. The van der Waals surface area contributed by atoms with Crippen LogP contribution in [-0.4, -0.2) is 29.3 Å². The topological polar surface area (TPSA) is 167 Å². The number of imidazole rings is 1. The second-order valence-electron chi connectivity index (χ2n) is 6.06. The lowest BCUT2D eigenvalue weighted by atomic mass is 10.2. The number of nitrogens with zero attached hydrogens (tertiary/aromatic N) is 5. The number of benzene rings is 2. The van der Waals surface area contributed by atoms with E-state index < -0.39 is 37.6 Å². The van der Waals surface area contributed by atoms with E-state index >= 15 is 0 Å². The fourth-order valence-electron chi connectivity index (χ4n) is 2.66. The third kappa shape index (κ3) is 4.59. The van der Waals surface area contributed by atoms with Crippen molar-refractivity contribution in [3.63, 3.8) is 0 Å². The fraction of sp³-hybridized carbons (Fsp3) is 0. The van der Waals surface area contributed by atoms with Crippen molar-refractivity contribution >= 4 is 22.7 Å². The molecule has 0 radical (unpaired) electrons. The number of fused-ring (bicyclic) bond motifs is 1. The number of rotatable bonds is 4. The minimum absolute atomic E-state index is 0.447. The molecule has 0 aliphatic heterocycles. The van der Waals surface area contributed by atoms with Gasteiger partial charge in [0.15, 0.2) is 0 Å². The summed E-state index contributed by atoms with van der Waals surface area (Å²) in [6.45, 7) is 0. The van der Waals surface area contributed by atoms with Crippen molar-refractivity contribution in [3.8, 4) is 17.0 Å². The zero-order valence-corrected chi connectivity index (χ0v) is 15.6. The highest BCUT2D eigenvalue weighted by Crippen LogP contribution is 2.38. The van der Waals surface area contributed by atoms with E-state index in [1.54, 1.807) is 0 Å². The highest BCUT2D eigenvalue weighted by Gasteiger charge is 2.30. The summed E-state index contributed by atoms with van der Waals surface area (Å²) in [5.41, 5.74) is 0.150. The van der Waals surface area contributed by atoms with Crippen LogP contribution in [0.15, 0.2) is 73.1 Å². The lowest BCUT2D eigenvalue weighted by Crippen LogP contribution is -1.97. The minimum Gasteiger partial charge on any atom is -0.497 e. The van der Waals surface area contributed by atoms with E-state index in [0.717, 1.165) is 16.9 Å². The van der Waals surface area contributed by atoms with Crippen molar-refractivity contribution in [2.24, 2.45) is 0 Å². The number of phenolic OH excluding ortho intramolecular Hbond substituents is 1. The molecule has 0 saturated carbocycles. The van der Waals surface area contributed by atoms with E-state index in [2.05, 4.69) is 17.1 Å². The molecule has 1 N–H and O–H groups in total. The van der Waals surface area contributed by atoms with E-state index in [4.69, 9.17) is 5.11 Å². The Morgan fingerprint density at radius 1 is 0.806 bits per heavy atom. The maximum atomic E-state index is 10.4. The van der Waals surface area contributed by atoms with Gasteiger partial charge in [-0.2, -0.15) is 0 Å². The van der Waals surface area contributed by atoms with Gasteiger partial charge in [-0.05, 0) is 12.1 Å². The number of hydrogen-bond donors (Lipinski definition) is 1. The third-order valence-electron chi connectivity index (χ3n) is 4.09. The van der Waals surface area contributed by atoms with Crippen LogP contribution in [0.5, 0.6) is 5.75 Å². The van der Waals surface area contributed by atoms with Gasteiger partial charge in [-0.15, -0.1) is 0 Å². The molecule has 0 aliphatic rings. The van der Waals surface area contributed by atoms with Gasteiger partial charge in [-0.3, -0.25) is 30.3 Å². The van der Waals surface area contributed by atoms with Gasteiger partial charge in [-0.1, -0.05) is 36.4 Å². The molecule has 0 saturated heterocycles. The van der Waals surface area contributed by atoms with Crippen LogP contribution >= 0.6 is 0 Å². The number of nitro groups is 3. The number of aromatic hydroxyl groups is 1. The molecule has 0 aliphatic carbocycles. The van der Waals surface area contributed by atoms with E-state index in [1.165, 1.54) is 0 Å². The Kier molecular flexibility index (Phi) is 5.82. The third-order valence-corrected chi connectivity index (χ3v) is 4.09. The molecule has 12 heteroatoms. The molecule has 0 atom stereocenters. The zero-order valence-electron chi connectivity index (χ0n) is 15.6. The van der Waals surface area contributed by atoms with Crippen LogP contribution in [-0.2, 0) is 0 Å². The molecule has 0 fully saturated rings. The first-order valence-electron chi connectivity index (χ1n) is 8.57. The summed E-state index contributed by atoms with van der Waals surface area (Å²) >= 11 is 0. The number of phenols is 1. The van der Waals surface area contributed by atoms with Crippen LogP contribution in [0, 0.1) is 30.3 Å². The number of non-ortho nitro benzene ring substituents is 1. The Bertz CT molecular complexity index is 1220. The van der Waals surface area contributed by atoms with Crippen LogP contribution in [0.1, 0.15) is 0 Å². The van der Waals surface area contributed by atoms with Crippen molar-refractivity contribution in [1.29, 1.82) is 0 Å². The summed E-state index contributed by atoms with van der Waals surface area (Å²) in [6, 6.07) is 17.1. The molecule has 0 amide bonds. The van der Waals surface area contributed by atoms with Crippen molar-refractivity contribution < 1.29 is 19.9 Å². The predicted octanol–water partition coefficient (Wildman–Crippen LogP) is 4.12. The molecular weight excluding hydrogens is 410 g/mol. The first-order valence-corrected chi connectivity index (χ1v) is 8.57. The van der Waals surface area contributed by atoms with E-state index in [1.807, 2.05) is 53.2 Å². The lowest BCUT2D eigenvalue weighted by molar-refractivity contribution is -0.404. The van der Waals surface area contributed by atoms with Gasteiger partial charge >= 0.3 is 11.4 Å². The number of pyridine rings is 1. The summed E-state index contributed by atoms with van der Waals surface area (Å²) in [7, 11) is 0. The molecule has 0 bridgehead atoms. The SMILES string of the molecule is O=[N+]([O-])c1cc([N+](=O)[O-])c(O)c([N+](=O)[O-])c1.c1ccc(-c2cn3ccccc3n2)cc1. The second kappa shape index (κ2) is 8.65. The molecule has 4 aromatic rings. The van der Waals surface area contributed by atoms with Crippen LogP contribution in [0.4, 0.5) is 17.1 Å². The Balaban J connectivity index is 0.000000176. The quantitative estimate of drug-likeness (QED) is 0.378. The van der Waals surface area contributed by atoms with Crippen molar-refractivity contribution in [3.05, 3.63) is 103 Å². The van der Waals surface area contributed by atoms with Crippen LogP contribution in [0.2, 0.25) is 0 Å². The molecule has 2 aromatic heterocycles. The summed E-state index contributed by atoms with van der Waals surface area (Å²) in [6.07, 6.45) is 4.06. The van der Waals surface area contributed by atoms with Gasteiger partial charge in [-0.25, -0.2) is 4.98 Å². The van der Waals surface area contributed by atoms with Gasteiger partial charge in [0.05, 0.1) is 32.6 Å². The summed E-state index contributed by atoms with van der Waals surface area (Å²) in [5.74, 6) is -1.21. The van der Waals surface area contributed by atoms with Crippen LogP contribution < -0.4 is 0 Å². The van der Waals surface area contributed by atoms with Gasteiger partial charge in [0.2, 0.25) is 0 Å². The maximum absolute atomic E-state index is 10.4. The molecule has 12 nitrogen and oxygen atoms in total. The second-order valence-corrected chi connectivity index (χ2v) is 6.06. The Labute approximate surface area is 173 Å². The Morgan fingerprint density at radius 2 is 1.39 bits per heavy atom. The molecule has 0 unspecified atom stereocenters. The number of aromatic nitrogens is 2. The Hall–Kier alpha value is -4.87. The highest BCUT2D eigenvalue weighted by atomic mass is 16.6. The van der Waals surface area contributed by atoms with E-state index in [9.17, 15) is 30.3 Å². The molecule has 156 valence electrons. The first kappa shape index (κ1) is 20.9. The normalized spacial score (nSPS) is 10.2. The van der Waals surface area contributed by atoms with Crippen LogP contribution in [0.3, 0.4) is 0 Å². The maximum Gasteiger partial charge on any atom is 0.324 e. The standard InChI is InChI=1S/C13H10N2.C6H3N3O7/c1-2-6-11(7-3-1)12-10-15-9-5-4-8-13(15)14-12;10-6-4(8(13)14)1-3(7(11)12)2-5(6)9(15)16/h1-10H;1-2,10H. The molecule has 4 rings (SSSR count). The van der Waals surface area contributed by atoms with Gasteiger partial charge in [0.25, 0.3) is 11.4 Å². The highest BCUT2D eigenvalue weighted by molar-refractivity contribution is 5.64. The predicted molar refractivity (Wildman–Crippen MR) is 109 cm³/mol. The molecular formula is C19H13N5O7. The molecule has 0 spiro atoms. The first-order chi connectivity index (χ1) is 14.8. The van der Waals surface area contributed by atoms with Crippen molar-refractivity contribution in [1.82, 2.24) is 9.38 Å². The summed E-state index contributed by atoms with van der Waals surface area (Å²) < 4.78 is 2.03. The monoisotopic (exact) mass is 423 g/mol. The lowest BCUT2D eigenvalue weighted by Gasteiger charge is -1.97. The molecule has 2 aromatic carbocycles. The average Bonchev–Trinajstić information content (AvgIpc) is 3.19. The number of hydrogen-bond acceptors (Lipinski definition) is 8. The molecule has 2 heterocycles. The van der Waals surface area contributed by atoms with E-state index in [0.29, 0.717) is 12.1 Å². The Morgan fingerprint density at radius 3 is 1.90 bits per heavy atom.